The van der Waals surface area contributed by atoms with Crippen LogP contribution in [-0.2, 0) is 4.74 Å². The van der Waals surface area contributed by atoms with Gasteiger partial charge < -0.3 is 9.64 Å². The SMILES string of the molecule is COC(=O)c1nc(C2CC2)nc(N(C)C)c1C. The van der Waals surface area contributed by atoms with Crippen LogP contribution in [0, 0.1) is 6.92 Å². The van der Waals surface area contributed by atoms with Crippen LogP contribution in [0.3, 0.4) is 0 Å². The molecule has 1 aromatic heterocycles. The molecule has 5 heteroatoms. The van der Waals surface area contributed by atoms with Crippen molar-refractivity contribution in [3.8, 4) is 0 Å². The third-order valence-electron chi connectivity index (χ3n) is 2.88. The van der Waals surface area contributed by atoms with Gasteiger partial charge in [-0.05, 0) is 19.8 Å². The summed E-state index contributed by atoms with van der Waals surface area (Å²) in [5.41, 5.74) is 1.15. The smallest absolute Gasteiger partial charge is 0.357 e. The van der Waals surface area contributed by atoms with Crippen molar-refractivity contribution in [1.29, 1.82) is 0 Å². The minimum atomic E-state index is -0.394. The lowest BCUT2D eigenvalue weighted by Crippen LogP contribution is -2.18. The number of carbonyl (C=O) groups excluding carboxylic acids is 1. The first-order chi connectivity index (χ1) is 8.04. The maximum Gasteiger partial charge on any atom is 0.357 e. The lowest BCUT2D eigenvalue weighted by atomic mass is 10.2. The van der Waals surface area contributed by atoms with Crippen LogP contribution in [0.4, 0.5) is 5.82 Å². The summed E-state index contributed by atoms with van der Waals surface area (Å²) in [5, 5.41) is 0. The number of esters is 1. The molecule has 1 aliphatic carbocycles. The Morgan fingerprint density at radius 3 is 2.47 bits per heavy atom. The Morgan fingerprint density at radius 1 is 1.35 bits per heavy atom. The van der Waals surface area contributed by atoms with Gasteiger partial charge in [0.25, 0.3) is 0 Å². The fourth-order valence-corrected chi connectivity index (χ4v) is 1.78. The topological polar surface area (TPSA) is 55.3 Å². The Bertz CT molecular complexity index is 453. The van der Waals surface area contributed by atoms with Crippen molar-refractivity contribution in [1.82, 2.24) is 9.97 Å². The predicted molar refractivity (Wildman–Crippen MR) is 64.4 cm³/mol. The molecule has 0 radical (unpaired) electrons. The molecule has 1 saturated carbocycles. The summed E-state index contributed by atoms with van der Waals surface area (Å²) in [6.07, 6.45) is 2.22. The van der Waals surface area contributed by atoms with Crippen LogP contribution in [0.5, 0.6) is 0 Å². The molecule has 0 amide bonds. The van der Waals surface area contributed by atoms with E-state index in [9.17, 15) is 4.79 Å². The number of aromatic nitrogens is 2. The molecule has 0 bridgehead atoms. The van der Waals surface area contributed by atoms with E-state index in [4.69, 9.17) is 4.74 Å². The number of hydrogen-bond acceptors (Lipinski definition) is 5. The van der Waals surface area contributed by atoms with E-state index in [-0.39, 0.29) is 0 Å². The van der Waals surface area contributed by atoms with E-state index >= 15 is 0 Å². The Balaban J connectivity index is 2.52. The molecule has 5 nitrogen and oxygen atoms in total. The van der Waals surface area contributed by atoms with Crippen molar-refractivity contribution < 1.29 is 9.53 Å². The standard InChI is InChI=1S/C12H17N3O2/c1-7-9(12(16)17-4)13-10(8-5-6-8)14-11(7)15(2)3/h8H,5-6H2,1-4H3. The van der Waals surface area contributed by atoms with Crippen LogP contribution in [0.1, 0.15) is 40.6 Å². The molecule has 0 aromatic carbocycles. The van der Waals surface area contributed by atoms with Gasteiger partial charge in [-0.2, -0.15) is 0 Å². The van der Waals surface area contributed by atoms with Crippen molar-refractivity contribution in [3.63, 3.8) is 0 Å². The number of hydrogen-bond donors (Lipinski definition) is 0. The summed E-state index contributed by atoms with van der Waals surface area (Å²) < 4.78 is 4.76. The molecular weight excluding hydrogens is 218 g/mol. The maximum absolute atomic E-state index is 11.7. The van der Waals surface area contributed by atoms with Crippen LogP contribution in [0.2, 0.25) is 0 Å². The molecule has 17 heavy (non-hydrogen) atoms. The van der Waals surface area contributed by atoms with Gasteiger partial charge in [0.05, 0.1) is 7.11 Å². The van der Waals surface area contributed by atoms with Gasteiger partial charge in [0.2, 0.25) is 0 Å². The van der Waals surface area contributed by atoms with Crippen molar-refractivity contribution >= 4 is 11.8 Å². The Kier molecular flexibility index (Phi) is 3.00. The summed E-state index contributed by atoms with van der Waals surface area (Å²) in [5.74, 6) is 1.58. The molecule has 1 aliphatic rings. The van der Waals surface area contributed by atoms with Gasteiger partial charge in [-0.1, -0.05) is 0 Å². The van der Waals surface area contributed by atoms with Crippen LogP contribution in [0.15, 0.2) is 0 Å². The summed E-state index contributed by atoms with van der Waals surface area (Å²) in [7, 11) is 5.19. The summed E-state index contributed by atoms with van der Waals surface area (Å²) in [6, 6.07) is 0. The highest BCUT2D eigenvalue weighted by atomic mass is 16.5. The average Bonchev–Trinajstić information content (AvgIpc) is 3.12. The zero-order valence-electron chi connectivity index (χ0n) is 10.6. The van der Waals surface area contributed by atoms with Gasteiger partial charge in [-0.25, -0.2) is 14.8 Å². The van der Waals surface area contributed by atoms with Crippen LogP contribution in [-0.4, -0.2) is 37.1 Å². The minimum Gasteiger partial charge on any atom is -0.464 e. The molecule has 0 spiro atoms. The predicted octanol–water partition coefficient (Wildman–Crippen LogP) is 1.52. The number of rotatable bonds is 3. The summed E-state index contributed by atoms with van der Waals surface area (Å²) in [6.45, 7) is 1.85. The largest absolute Gasteiger partial charge is 0.464 e. The maximum atomic E-state index is 11.7. The zero-order valence-corrected chi connectivity index (χ0v) is 10.6. The molecule has 2 rings (SSSR count). The van der Waals surface area contributed by atoms with Gasteiger partial charge >= 0.3 is 5.97 Å². The number of anilines is 1. The van der Waals surface area contributed by atoms with Crippen LogP contribution >= 0.6 is 0 Å². The first kappa shape index (κ1) is 11.8. The van der Waals surface area contributed by atoms with Gasteiger partial charge in [-0.15, -0.1) is 0 Å². The molecule has 92 valence electrons. The molecule has 0 aliphatic heterocycles. The lowest BCUT2D eigenvalue weighted by Gasteiger charge is -2.17. The first-order valence-corrected chi connectivity index (χ1v) is 5.68. The fourth-order valence-electron chi connectivity index (χ4n) is 1.78. The van der Waals surface area contributed by atoms with Crippen LogP contribution in [0.25, 0.3) is 0 Å². The lowest BCUT2D eigenvalue weighted by molar-refractivity contribution is 0.0592. The van der Waals surface area contributed by atoms with E-state index < -0.39 is 5.97 Å². The highest BCUT2D eigenvalue weighted by Gasteiger charge is 2.29. The summed E-state index contributed by atoms with van der Waals surface area (Å²) in [4.78, 5) is 22.4. The third-order valence-corrected chi connectivity index (χ3v) is 2.88. The molecule has 0 atom stereocenters. The highest BCUT2D eigenvalue weighted by Crippen LogP contribution is 2.39. The van der Waals surface area contributed by atoms with Crippen molar-refractivity contribution in [2.24, 2.45) is 0 Å². The number of methoxy groups -OCH3 is 1. The summed E-state index contributed by atoms with van der Waals surface area (Å²) >= 11 is 0. The fraction of sp³-hybridized carbons (Fsp3) is 0.583. The molecule has 1 aromatic rings. The number of carbonyl (C=O) groups is 1. The van der Waals surface area contributed by atoms with E-state index in [1.165, 1.54) is 7.11 Å². The second-order valence-electron chi connectivity index (χ2n) is 4.54. The molecular formula is C12H17N3O2. The number of nitrogens with zero attached hydrogens (tertiary/aromatic N) is 3. The molecule has 1 heterocycles. The third kappa shape index (κ3) is 2.23. The molecule has 1 fully saturated rings. The van der Waals surface area contributed by atoms with E-state index in [1.54, 1.807) is 0 Å². The van der Waals surface area contributed by atoms with Gasteiger partial charge in [0.15, 0.2) is 5.69 Å². The molecule has 0 unspecified atom stereocenters. The normalized spacial score (nSPS) is 14.6. The Labute approximate surface area is 101 Å². The van der Waals surface area contributed by atoms with E-state index in [0.717, 1.165) is 30.0 Å². The number of ether oxygens (including phenoxy) is 1. The second kappa shape index (κ2) is 4.31. The average molecular weight is 235 g/mol. The minimum absolute atomic E-state index is 0.383. The second-order valence-corrected chi connectivity index (χ2v) is 4.54. The Hall–Kier alpha value is -1.65. The van der Waals surface area contributed by atoms with Gasteiger partial charge in [-0.3, -0.25) is 0 Å². The molecule has 0 saturated heterocycles. The van der Waals surface area contributed by atoms with Crippen molar-refractivity contribution in [2.75, 3.05) is 26.1 Å². The van der Waals surface area contributed by atoms with Crippen LogP contribution < -0.4 is 4.90 Å². The van der Waals surface area contributed by atoms with Gasteiger partial charge in [0.1, 0.15) is 11.6 Å². The van der Waals surface area contributed by atoms with E-state index in [0.29, 0.717) is 11.6 Å². The van der Waals surface area contributed by atoms with Gasteiger partial charge in [0, 0.05) is 25.6 Å². The van der Waals surface area contributed by atoms with E-state index in [2.05, 4.69) is 9.97 Å². The van der Waals surface area contributed by atoms with E-state index in [1.807, 2.05) is 25.9 Å². The molecule has 0 N–H and O–H groups in total. The highest BCUT2D eigenvalue weighted by molar-refractivity contribution is 5.90. The van der Waals surface area contributed by atoms with Crippen molar-refractivity contribution in [3.05, 3.63) is 17.1 Å². The first-order valence-electron chi connectivity index (χ1n) is 5.68. The zero-order chi connectivity index (χ0) is 12.6. The van der Waals surface area contributed by atoms with Crippen molar-refractivity contribution in [2.45, 2.75) is 25.7 Å². The Morgan fingerprint density at radius 2 is 2.00 bits per heavy atom. The quantitative estimate of drug-likeness (QED) is 0.743. The monoisotopic (exact) mass is 235 g/mol.